The Hall–Kier alpha value is -1.06. The fourth-order valence-electron chi connectivity index (χ4n) is 1.84. The summed E-state index contributed by atoms with van der Waals surface area (Å²) in [6.45, 7) is 6.96. The Morgan fingerprint density at radius 2 is 2.15 bits per heavy atom. The molecule has 1 unspecified atom stereocenters. The average Bonchev–Trinajstić information content (AvgIpc) is 2.76. The number of unbranched alkanes of at least 4 members (excludes halogenated alkanes) is 1. The zero-order chi connectivity index (χ0) is 15.0. The van der Waals surface area contributed by atoms with Crippen LogP contribution in [0.15, 0.2) is 5.16 Å². The standard InChI is InChI=1S/C14H25N5S/c1-5-9-16-14(3,11-15)8-6-7-10-20-13-18-17-12(2)19(13)4/h16H,5-10H2,1-4H3. The highest BCUT2D eigenvalue weighted by molar-refractivity contribution is 7.99. The van der Waals surface area contributed by atoms with E-state index in [1.807, 2.05) is 25.5 Å². The van der Waals surface area contributed by atoms with Crippen molar-refractivity contribution < 1.29 is 0 Å². The number of aryl methyl sites for hydroxylation is 1. The number of hydrogen-bond acceptors (Lipinski definition) is 5. The predicted molar refractivity (Wildman–Crippen MR) is 82.6 cm³/mol. The Morgan fingerprint density at radius 1 is 1.40 bits per heavy atom. The van der Waals surface area contributed by atoms with Crippen LogP contribution in [0.1, 0.15) is 45.4 Å². The van der Waals surface area contributed by atoms with E-state index in [2.05, 4.69) is 28.5 Å². The van der Waals surface area contributed by atoms with Crippen molar-refractivity contribution in [3.05, 3.63) is 5.82 Å². The van der Waals surface area contributed by atoms with Crippen molar-refractivity contribution in [3.63, 3.8) is 0 Å². The van der Waals surface area contributed by atoms with Gasteiger partial charge in [0.05, 0.1) is 6.07 Å². The van der Waals surface area contributed by atoms with E-state index in [9.17, 15) is 5.26 Å². The summed E-state index contributed by atoms with van der Waals surface area (Å²) in [6, 6.07) is 2.39. The van der Waals surface area contributed by atoms with Crippen LogP contribution in [0, 0.1) is 18.3 Å². The number of thioether (sulfide) groups is 1. The molecule has 0 saturated carbocycles. The predicted octanol–water partition coefficient (Wildman–Crippen LogP) is 2.67. The van der Waals surface area contributed by atoms with Crippen molar-refractivity contribution in [2.24, 2.45) is 7.05 Å². The Kier molecular flexibility index (Phi) is 7.03. The molecule has 0 spiro atoms. The third-order valence-corrected chi connectivity index (χ3v) is 4.47. The van der Waals surface area contributed by atoms with Gasteiger partial charge in [0.1, 0.15) is 11.4 Å². The van der Waals surface area contributed by atoms with Crippen molar-refractivity contribution in [2.45, 2.75) is 57.1 Å². The summed E-state index contributed by atoms with van der Waals surface area (Å²) < 4.78 is 2.01. The van der Waals surface area contributed by atoms with Crippen LogP contribution in [0.3, 0.4) is 0 Å². The highest BCUT2D eigenvalue weighted by Gasteiger charge is 2.21. The lowest BCUT2D eigenvalue weighted by Crippen LogP contribution is -2.41. The Labute approximate surface area is 126 Å². The van der Waals surface area contributed by atoms with Crippen molar-refractivity contribution in [3.8, 4) is 6.07 Å². The molecule has 0 saturated heterocycles. The van der Waals surface area contributed by atoms with Crippen LogP contribution in [-0.2, 0) is 7.05 Å². The molecule has 1 N–H and O–H groups in total. The Balaban J connectivity index is 2.24. The van der Waals surface area contributed by atoms with E-state index in [1.54, 1.807) is 11.8 Å². The maximum absolute atomic E-state index is 9.25. The van der Waals surface area contributed by atoms with Gasteiger partial charge in [-0.3, -0.25) is 5.32 Å². The highest BCUT2D eigenvalue weighted by Crippen LogP contribution is 2.19. The van der Waals surface area contributed by atoms with E-state index in [0.29, 0.717) is 0 Å². The quantitative estimate of drug-likeness (QED) is 0.560. The van der Waals surface area contributed by atoms with Crippen molar-refractivity contribution in [2.75, 3.05) is 12.3 Å². The van der Waals surface area contributed by atoms with E-state index in [0.717, 1.165) is 49.0 Å². The first-order valence-corrected chi connectivity index (χ1v) is 8.16. The first-order valence-electron chi connectivity index (χ1n) is 7.17. The monoisotopic (exact) mass is 295 g/mol. The molecule has 1 aromatic rings. The summed E-state index contributed by atoms with van der Waals surface area (Å²) in [6.07, 6.45) is 4.08. The molecule has 5 nitrogen and oxygen atoms in total. The second kappa shape index (κ2) is 8.28. The number of aromatic nitrogens is 3. The number of rotatable bonds is 9. The minimum absolute atomic E-state index is 0.387. The summed E-state index contributed by atoms with van der Waals surface area (Å²) in [5.41, 5.74) is -0.387. The number of hydrogen-bond donors (Lipinski definition) is 1. The van der Waals surface area contributed by atoms with Gasteiger partial charge < -0.3 is 4.57 Å². The molecule has 6 heteroatoms. The largest absolute Gasteiger partial charge is 0.309 e. The van der Waals surface area contributed by atoms with Gasteiger partial charge in [0.2, 0.25) is 0 Å². The van der Waals surface area contributed by atoms with Gasteiger partial charge in [-0.25, -0.2) is 0 Å². The SMILES string of the molecule is CCCNC(C)(C#N)CCCCSc1nnc(C)n1C. The molecule has 20 heavy (non-hydrogen) atoms. The van der Waals surface area contributed by atoms with Gasteiger partial charge in [-0.05, 0) is 46.1 Å². The van der Waals surface area contributed by atoms with Gasteiger partial charge in [0, 0.05) is 12.8 Å². The molecule has 112 valence electrons. The highest BCUT2D eigenvalue weighted by atomic mass is 32.2. The van der Waals surface area contributed by atoms with Crippen LogP contribution < -0.4 is 5.32 Å². The molecule has 0 radical (unpaired) electrons. The Bertz CT molecular complexity index is 451. The van der Waals surface area contributed by atoms with Crippen molar-refractivity contribution >= 4 is 11.8 Å². The fourth-order valence-corrected chi connectivity index (χ4v) is 2.80. The van der Waals surface area contributed by atoms with Crippen LogP contribution in [0.25, 0.3) is 0 Å². The summed E-state index contributed by atoms with van der Waals surface area (Å²) in [4.78, 5) is 0. The summed E-state index contributed by atoms with van der Waals surface area (Å²) in [5.74, 6) is 1.95. The van der Waals surface area contributed by atoms with Crippen molar-refractivity contribution in [1.82, 2.24) is 20.1 Å². The minimum Gasteiger partial charge on any atom is -0.309 e. The average molecular weight is 295 g/mol. The molecule has 0 aliphatic carbocycles. The number of nitrogens with one attached hydrogen (secondary N) is 1. The zero-order valence-corrected chi connectivity index (χ0v) is 13.8. The number of nitriles is 1. The fraction of sp³-hybridized carbons (Fsp3) is 0.786. The maximum Gasteiger partial charge on any atom is 0.190 e. The molecule has 1 aromatic heterocycles. The van der Waals surface area contributed by atoms with Gasteiger partial charge in [0.15, 0.2) is 5.16 Å². The lowest BCUT2D eigenvalue weighted by atomic mass is 9.96. The van der Waals surface area contributed by atoms with Crippen LogP contribution >= 0.6 is 11.8 Å². The summed E-state index contributed by atoms with van der Waals surface area (Å²) in [5, 5.41) is 21.7. The molecule has 0 amide bonds. The van der Waals surface area contributed by atoms with Gasteiger partial charge in [0.25, 0.3) is 0 Å². The van der Waals surface area contributed by atoms with Crippen LogP contribution in [0.5, 0.6) is 0 Å². The molecular formula is C14H25N5S. The van der Waals surface area contributed by atoms with E-state index >= 15 is 0 Å². The first-order chi connectivity index (χ1) is 9.52. The molecule has 1 atom stereocenters. The normalized spacial score (nSPS) is 13.9. The molecule has 1 heterocycles. The second-order valence-electron chi connectivity index (χ2n) is 5.27. The van der Waals surface area contributed by atoms with Crippen LogP contribution in [0.2, 0.25) is 0 Å². The van der Waals surface area contributed by atoms with Gasteiger partial charge in [-0.15, -0.1) is 10.2 Å². The smallest absolute Gasteiger partial charge is 0.190 e. The summed E-state index contributed by atoms with van der Waals surface area (Å²) >= 11 is 1.73. The molecule has 0 aliphatic rings. The third-order valence-electron chi connectivity index (χ3n) is 3.37. The lowest BCUT2D eigenvalue weighted by molar-refractivity contribution is 0.406. The van der Waals surface area contributed by atoms with E-state index in [-0.39, 0.29) is 5.54 Å². The van der Waals surface area contributed by atoms with E-state index in [1.165, 1.54) is 0 Å². The maximum atomic E-state index is 9.25. The van der Waals surface area contributed by atoms with E-state index < -0.39 is 0 Å². The van der Waals surface area contributed by atoms with Crippen LogP contribution in [-0.4, -0.2) is 32.6 Å². The lowest BCUT2D eigenvalue weighted by Gasteiger charge is -2.22. The van der Waals surface area contributed by atoms with E-state index in [4.69, 9.17) is 0 Å². The third kappa shape index (κ3) is 5.14. The zero-order valence-electron chi connectivity index (χ0n) is 12.9. The molecular weight excluding hydrogens is 270 g/mol. The van der Waals surface area contributed by atoms with Gasteiger partial charge in [-0.2, -0.15) is 5.26 Å². The molecule has 1 rings (SSSR count). The second-order valence-corrected chi connectivity index (χ2v) is 6.33. The topological polar surface area (TPSA) is 66.5 Å². The molecule has 0 bridgehead atoms. The minimum atomic E-state index is -0.387. The van der Waals surface area contributed by atoms with Gasteiger partial charge in [-0.1, -0.05) is 18.7 Å². The molecule has 0 aliphatic heterocycles. The summed E-state index contributed by atoms with van der Waals surface area (Å²) in [7, 11) is 1.99. The first kappa shape index (κ1) is 17.0. The molecule has 0 aromatic carbocycles. The van der Waals surface area contributed by atoms with Gasteiger partial charge >= 0.3 is 0 Å². The Morgan fingerprint density at radius 3 is 2.70 bits per heavy atom. The van der Waals surface area contributed by atoms with Crippen LogP contribution in [0.4, 0.5) is 0 Å². The number of nitrogens with zero attached hydrogens (tertiary/aromatic N) is 4. The molecule has 0 fully saturated rings. The van der Waals surface area contributed by atoms with Crippen molar-refractivity contribution in [1.29, 1.82) is 5.26 Å².